The van der Waals surface area contributed by atoms with Crippen molar-refractivity contribution < 1.29 is 18.7 Å². The molecule has 7 heteroatoms. The summed E-state index contributed by atoms with van der Waals surface area (Å²) in [4.78, 5) is 15.0. The molecule has 5 nitrogen and oxygen atoms in total. The lowest BCUT2D eigenvalue weighted by molar-refractivity contribution is -0.118. The number of anilines is 1. The smallest absolute Gasteiger partial charge is 0.262 e. The number of halogens is 1. The summed E-state index contributed by atoms with van der Waals surface area (Å²) in [6.07, 6.45) is 15.1. The first kappa shape index (κ1) is 31.9. The van der Waals surface area contributed by atoms with Crippen LogP contribution < -0.4 is 14.8 Å². The van der Waals surface area contributed by atoms with E-state index in [1.165, 1.54) is 76.0 Å². The number of nitrogens with one attached hydrogen (secondary N) is 1. The van der Waals surface area contributed by atoms with Crippen molar-refractivity contribution in [2.45, 2.75) is 97.4 Å². The maximum absolute atomic E-state index is 14.5. The molecule has 0 fully saturated rings. The highest BCUT2D eigenvalue weighted by Crippen LogP contribution is 2.31. The Kier molecular flexibility index (Phi) is 14.8. The fraction of sp³-hybridized carbons (Fsp3) is 0.545. The van der Waals surface area contributed by atoms with Crippen molar-refractivity contribution in [2.75, 3.05) is 24.4 Å². The van der Waals surface area contributed by atoms with Gasteiger partial charge >= 0.3 is 0 Å². The molecule has 2 aromatic carbocycles. The van der Waals surface area contributed by atoms with Crippen molar-refractivity contribution in [1.82, 2.24) is 4.90 Å². The third-order valence-electron chi connectivity index (χ3n) is 7.17. The standard InChI is InChI=1S/C33H47FN2O3S/c1-3-4-5-6-7-8-9-10-11-12-13-16-22-38-33-29(34)19-17-21-31(33)39-24-32(37)35-30-20-15-14-18-28(30)23-36-26-40-25-27(36)2/h14-15,17-21,25H,3-13,16,22-24,26H2,1-2H3,(H,35,37). The summed E-state index contributed by atoms with van der Waals surface area (Å²) in [5.74, 6) is 0.448. The van der Waals surface area contributed by atoms with Crippen LogP contribution in [0.15, 0.2) is 53.6 Å². The summed E-state index contributed by atoms with van der Waals surface area (Å²) < 4.78 is 26.0. The van der Waals surface area contributed by atoms with Gasteiger partial charge in [0.1, 0.15) is 0 Å². The van der Waals surface area contributed by atoms with E-state index >= 15 is 0 Å². The molecule has 0 saturated heterocycles. The topological polar surface area (TPSA) is 50.8 Å². The van der Waals surface area contributed by atoms with Gasteiger partial charge in [0.2, 0.25) is 0 Å². The number of para-hydroxylation sites is 2. The first-order valence-electron chi connectivity index (χ1n) is 15.0. The zero-order valence-corrected chi connectivity index (χ0v) is 25.2. The van der Waals surface area contributed by atoms with Crippen molar-refractivity contribution in [3.8, 4) is 11.5 Å². The van der Waals surface area contributed by atoms with Crippen LogP contribution in [0.4, 0.5) is 10.1 Å². The summed E-state index contributed by atoms with van der Waals surface area (Å²) >= 11 is 1.77. The van der Waals surface area contributed by atoms with E-state index in [9.17, 15) is 9.18 Å². The highest BCUT2D eigenvalue weighted by Gasteiger charge is 2.16. The zero-order valence-electron chi connectivity index (χ0n) is 24.4. The summed E-state index contributed by atoms with van der Waals surface area (Å²) in [5.41, 5.74) is 3.00. The number of hydrogen-bond donors (Lipinski definition) is 1. The largest absolute Gasteiger partial charge is 0.487 e. The Hall–Kier alpha value is -2.67. The third-order valence-corrected chi connectivity index (χ3v) is 8.14. The molecule has 0 bridgehead atoms. The highest BCUT2D eigenvalue weighted by atomic mass is 32.2. The number of rotatable bonds is 20. The van der Waals surface area contributed by atoms with E-state index in [4.69, 9.17) is 9.47 Å². The lowest BCUT2D eigenvalue weighted by Crippen LogP contribution is -2.23. The van der Waals surface area contributed by atoms with Gasteiger partial charge in [-0.3, -0.25) is 4.79 Å². The van der Waals surface area contributed by atoms with Crippen LogP contribution in [-0.4, -0.2) is 29.9 Å². The molecule has 0 atom stereocenters. The summed E-state index contributed by atoms with van der Waals surface area (Å²) in [6, 6.07) is 12.3. The summed E-state index contributed by atoms with van der Waals surface area (Å²) in [5, 5.41) is 5.09. The molecule has 40 heavy (non-hydrogen) atoms. The van der Waals surface area contributed by atoms with Gasteiger partial charge in [0.05, 0.1) is 12.5 Å². The number of carbonyl (C=O) groups excluding carboxylic acids is 1. The number of amides is 1. The minimum absolute atomic E-state index is 0.0765. The van der Waals surface area contributed by atoms with E-state index in [2.05, 4.69) is 29.5 Å². The van der Waals surface area contributed by atoms with E-state index < -0.39 is 5.82 Å². The van der Waals surface area contributed by atoms with Crippen molar-refractivity contribution in [3.05, 3.63) is 65.0 Å². The van der Waals surface area contributed by atoms with E-state index in [1.54, 1.807) is 23.9 Å². The first-order chi connectivity index (χ1) is 19.6. The Morgan fingerprint density at radius 1 is 0.900 bits per heavy atom. The predicted octanol–water partition coefficient (Wildman–Crippen LogP) is 9.29. The molecule has 0 radical (unpaired) electrons. The monoisotopic (exact) mass is 570 g/mol. The van der Waals surface area contributed by atoms with E-state index in [0.29, 0.717) is 13.2 Å². The molecule has 1 amide bonds. The molecule has 1 aliphatic rings. The van der Waals surface area contributed by atoms with Crippen LogP contribution in [0.3, 0.4) is 0 Å². The van der Waals surface area contributed by atoms with Gasteiger partial charge in [-0.2, -0.15) is 0 Å². The molecule has 1 N–H and O–H groups in total. The molecular weight excluding hydrogens is 523 g/mol. The van der Waals surface area contributed by atoms with Gasteiger partial charge in [-0.1, -0.05) is 102 Å². The predicted molar refractivity (Wildman–Crippen MR) is 165 cm³/mol. The number of ether oxygens (including phenoxy) is 2. The van der Waals surface area contributed by atoms with Crippen LogP contribution in [0, 0.1) is 5.82 Å². The van der Waals surface area contributed by atoms with Crippen LogP contribution in [0.2, 0.25) is 0 Å². The molecule has 0 unspecified atom stereocenters. The fourth-order valence-electron chi connectivity index (χ4n) is 4.77. The second kappa shape index (κ2) is 18.6. The quantitative estimate of drug-likeness (QED) is 0.161. The lowest BCUT2D eigenvalue weighted by atomic mass is 10.1. The fourth-order valence-corrected chi connectivity index (χ4v) is 5.71. The number of allylic oxidation sites excluding steroid dienone is 1. The number of nitrogens with zero attached hydrogens (tertiary/aromatic N) is 1. The van der Waals surface area contributed by atoms with Crippen LogP contribution in [0.5, 0.6) is 11.5 Å². The summed E-state index contributed by atoms with van der Waals surface area (Å²) in [7, 11) is 0. The molecule has 0 aliphatic carbocycles. The maximum atomic E-state index is 14.5. The van der Waals surface area contributed by atoms with E-state index in [0.717, 1.165) is 30.0 Å². The third kappa shape index (κ3) is 11.4. The molecule has 0 spiro atoms. The van der Waals surface area contributed by atoms with Crippen LogP contribution in [0.1, 0.15) is 96.5 Å². The average Bonchev–Trinajstić information content (AvgIpc) is 3.36. The number of carbonyl (C=O) groups is 1. The SMILES string of the molecule is CCCCCCCCCCCCCCOc1c(F)cccc1OCC(=O)Nc1ccccc1CN1CSC=C1C. The number of unbranched alkanes of at least 4 members (excludes halogenated alkanes) is 11. The number of thioether (sulfide) groups is 1. The molecule has 220 valence electrons. The second-order valence-electron chi connectivity index (χ2n) is 10.6. The number of benzene rings is 2. The molecular formula is C33H47FN2O3S. The zero-order chi connectivity index (χ0) is 28.4. The van der Waals surface area contributed by atoms with Gasteiger partial charge in [-0.25, -0.2) is 4.39 Å². The van der Waals surface area contributed by atoms with Crippen LogP contribution in [-0.2, 0) is 11.3 Å². The summed E-state index contributed by atoms with van der Waals surface area (Å²) in [6.45, 7) is 5.26. The molecule has 2 aromatic rings. The van der Waals surface area contributed by atoms with Crippen molar-refractivity contribution in [2.24, 2.45) is 0 Å². The first-order valence-corrected chi connectivity index (χ1v) is 16.1. The Balaban J connectivity index is 1.36. The van der Waals surface area contributed by atoms with Gasteiger partial charge in [-0.15, -0.1) is 11.8 Å². The molecule has 3 rings (SSSR count). The Morgan fingerprint density at radius 2 is 1.57 bits per heavy atom. The molecule has 1 aliphatic heterocycles. The van der Waals surface area contributed by atoms with Crippen molar-refractivity contribution >= 4 is 23.4 Å². The second-order valence-corrected chi connectivity index (χ2v) is 11.4. The van der Waals surface area contributed by atoms with E-state index in [1.807, 2.05) is 24.3 Å². The van der Waals surface area contributed by atoms with Crippen LogP contribution in [0.25, 0.3) is 0 Å². The molecule has 0 saturated carbocycles. The molecule has 0 aromatic heterocycles. The Morgan fingerprint density at radius 3 is 2.25 bits per heavy atom. The Labute approximate surface area is 244 Å². The normalized spacial score (nSPS) is 12.9. The molecule has 1 heterocycles. The lowest BCUT2D eigenvalue weighted by Gasteiger charge is -2.21. The van der Waals surface area contributed by atoms with Gasteiger partial charge in [0.25, 0.3) is 5.91 Å². The van der Waals surface area contributed by atoms with Gasteiger partial charge in [-0.05, 0) is 42.5 Å². The Bertz CT molecular complexity index is 1060. The maximum Gasteiger partial charge on any atom is 0.262 e. The van der Waals surface area contributed by atoms with Gasteiger partial charge in [0.15, 0.2) is 23.9 Å². The highest BCUT2D eigenvalue weighted by molar-refractivity contribution is 8.02. The van der Waals surface area contributed by atoms with Gasteiger partial charge in [0, 0.05) is 17.9 Å². The van der Waals surface area contributed by atoms with Gasteiger partial charge < -0.3 is 19.7 Å². The van der Waals surface area contributed by atoms with Crippen molar-refractivity contribution in [1.29, 1.82) is 0 Å². The average molecular weight is 571 g/mol. The van der Waals surface area contributed by atoms with Crippen molar-refractivity contribution in [3.63, 3.8) is 0 Å². The minimum Gasteiger partial charge on any atom is -0.487 e. The minimum atomic E-state index is -0.478. The van der Waals surface area contributed by atoms with E-state index in [-0.39, 0.29) is 24.0 Å². The number of hydrogen-bond acceptors (Lipinski definition) is 5. The van der Waals surface area contributed by atoms with Crippen LogP contribution >= 0.6 is 11.8 Å².